The molecule has 0 radical (unpaired) electrons. The van der Waals surface area contributed by atoms with E-state index in [1.54, 1.807) is 35.9 Å². The summed E-state index contributed by atoms with van der Waals surface area (Å²) in [5.41, 5.74) is 0.724. The second-order valence-corrected chi connectivity index (χ2v) is 5.97. The van der Waals surface area contributed by atoms with Crippen LogP contribution in [0.15, 0.2) is 47.2 Å². The van der Waals surface area contributed by atoms with Crippen LogP contribution in [0.3, 0.4) is 0 Å². The predicted octanol–water partition coefficient (Wildman–Crippen LogP) is 2.95. The summed E-state index contributed by atoms with van der Waals surface area (Å²) >= 11 is 6.52. The molecule has 0 unspecified atom stereocenters. The van der Waals surface area contributed by atoms with Crippen LogP contribution in [-0.2, 0) is 6.54 Å². The van der Waals surface area contributed by atoms with Gasteiger partial charge in [-0.3, -0.25) is 19.5 Å². The summed E-state index contributed by atoms with van der Waals surface area (Å²) in [7, 11) is 0. The maximum atomic E-state index is 12.4. The number of carbonyl (C=O) groups is 1. The van der Waals surface area contributed by atoms with Crippen molar-refractivity contribution in [1.82, 2.24) is 14.5 Å². The number of fused-ring (bicyclic) bond motifs is 1. The minimum absolute atomic E-state index is 0.212. The number of nitrogens with zero attached hydrogens (tertiary/aromatic N) is 2. The number of aromatic nitrogens is 3. The average Bonchev–Trinajstić information content (AvgIpc) is 3.03. The third-order valence-corrected chi connectivity index (χ3v) is 4.22. The Morgan fingerprint density at radius 2 is 2.35 bits per heavy atom. The van der Waals surface area contributed by atoms with Gasteiger partial charge in [0.15, 0.2) is 9.90 Å². The summed E-state index contributed by atoms with van der Waals surface area (Å²) in [6.45, 7) is 3.94. The van der Waals surface area contributed by atoms with E-state index in [0.29, 0.717) is 32.9 Å². The molecule has 0 saturated carbocycles. The molecule has 0 bridgehead atoms. The largest absolute Gasteiger partial charge is 0.332 e. The Labute approximate surface area is 140 Å². The number of H-pyrrole nitrogens is 1. The lowest BCUT2D eigenvalue weighted by molar-refractivity contribution is 0.102. The van der Waals surface area contributed by atoms with Gasteiger partial charge in [-0.25, -0.2) is 4.98 Å². The zero-order valence-corrected chi connectivity index (χ0v) is 13.5. The molecule has 0 aliphatic heterocycles. The Hall–Kier alpha value is -2.58. The minimum Gasteiger partial charge on any atom is -0.332 e. The third-order valence-electron chi connectivity index (χ3n) is 3.21. The van der Waals surface area contributed by atoms with Gasteiger partial charge in [-0.2, -0.15) is 0 Å². The van der Waals surface area contributed by atoms with Crippen molar-refractivity contribution in [3.63, 3.8) is 0 Å². The molecule has 23 heavy (non-hydrogen) atoms. The Morgan fingerprint density at radius 3 is 3.04 bits per heavy atom. The predicted molar refractivity (Wildman–Crippen MR) is 93.7 cm³/mol. The standard InChI is InChI=1S/C15H12N4O2S2/c1-2-6-19-13(21)10-4-3-9(8-11(10)17-15(19)22)12(20)18-14-16-5-7-23-14/h2-5,7-8H,1,6H2,(H,17,22)(H,16,18,20). The molecule has 1 aromatic carbocycles. The van der Waals surface area contributed by atoms with Gasteiger partial charge in [0.1, 0.15) is 0 Å². The van der Waals surface area contributed by atoms with Crippen LogP contribution in [0.5, 0.6) is 0 Å². The normalized spacial score (nSPS) is 10.6. The van der Waals surface area contributed by atoms with Gasteiger partial charge in [0, 0.05) is 23.7 Å². The van der Waals surface area contributed by atoms with Gasteiger partial charge in [0.25, 0.3) is 11.5 Å². The molecule has 6 nitrogen and oxygen atoms in total. The van der Waals surface area contributed by atoms with Crippen LogP contribution in [0.25, 0.3) is 10.9 Å². The van der Waals surface area contributed by atoms with Crippen LogP contribution in [0, 0.1) is 4.77 Å². The molecular weight excluding hydrogens is 332 g/mol. The van der Waals surface area contributed by atoms with Gasteiger partial charge in [-0.15, -0.1) is 17.9 Å². The molecule has 0 aliphatic carbocycles. The van der Waals surface area contributed by atoms with E-state index < -0.39 is 0 Å². The molecule has 8 heteroatoms. The number of aromatic amines is 1. The zero-order valence-electron chi connectivity index (χ0n) is 11.9. The Kier molecular flexibility index (Phi) is 4.18. The molecule has 0 atom stereocenters. The van der Waals surface area contributed by atoms with E-state index in [1.807, 2.05) is 0 Å². The number of amides is 1. The van der Waals surface area contributed by atoms with Crippen molar-refractivity contribution < 1.29 is 4.79 Å². The molecule has 0 fully saturated rings. The molecule has 3 aromatic rings. The van der Waals surface area contributed by atoms with Crippen molar-refractivity contribution in [2.24, 2.45) is 0 Å². The van der Waals surface area contributed by atoms with Crippen LogP contribution in [0.1, 0.15) is 10.4 Å². The number of rotatable bonds is 4. The Morgan fingerprint density at radius 1 is 1.52 bits per heavy atom. The summed E-state index contributed by atoms with van der Waals surface area (Å²) in [4.78, 5) is 31.6. The molecule has 0 saturated heterocycles. The van der Waals surface area contributed by atoms with Gasteiger partial charge in [0.2, 0.25) is 0 Å². The highest BCUT2D eigenvalue weighted by Gasteiger charge is 2.11. The molecule has 116 valence electrons. The van der Waals surface area contributed by atoms with Crippen LogP contribution in [0.2, 0.25) is 0 Å². The SMILES string of the molecule is C=CCn1c(=S)[nH]c2cc(C(=O)Nc3nccs3)ccc2c1=O. The number of nitrogens with one attached hydrogen (secondary N) is 2. The summed E-state index contributed by atoms with van der Waals surface area (Å²) in [5.74, 6) is -0.295. The van der Waals surface area contributed by atoms with Gasteiger partial charge < -0.3 is 4.98 Å². The van der Waals surface area contributed by atoms with Crippen molar-refractivity contribution in [1.29, 1.82) is 0 Å². The molecular formula is C15H12N4O2S2. The highest BCUT2D eigenvalue weighted by Crippen LogP contribution is 2.15. The van der Waals surface area contributed by atoms with Crippen LogP contribution < -0.4 is 10.9 Å². The lowest BCUT2D eigenvalue weighted by atomic mass is 10.1. The van der Waals surface area contributed by atoms with Crippen LogP contribution in [0.4, 0.5) is 5.13 Å². The topological polar surface area (TPSA) is 79.8 Å². The highest BCUT2D eigenvalue weighted by atomic mass is 32.1. The maximum absolute atomic E-state index is 12.4. The van der Waals surface area contributed by atoms with Gasteiger partial charge >= 0.3 is 0 Å². The fourth-order valence-corrected chi connectivity index (χ4v) is 2.94. The van der Waals surface area contributed by atoms with Crippen LogP contribution in [-0.4, -0.2) is 20.4 Å². The van der Waals surface area contributed by atoms with Gasteiger partial charge in [-0.05, 0) is 30.4 Å². The number of benzene rings is 1. The quantitative estimate of drug-likeness (QED) is 0.563. The van der Waals surface area contributed by atoms with E-state index >= 15 is 0 Å². The van der Waals surface area contributed by atoms with Gasteiger partial charge in [0.05, 0.1) is 10.9 Å². The lowest BCUT2D eigenvalue weighted by Gasteiger charge is -2.07. The van der Waals surface area contributed by atoms with Crippen molar-refractivity contribution in [3.8, 4) is 0 Å². The fraction of sp³-hybridized carbons (Fsp3) is 0.0667. The number of hydrogen-bond acceptors (Lipinski definition) is 5. The third kappa shape index (κ3) is 2.99. The second kappa shape index (κ2) is 6.27. The Bertz CT molecular complexity index is 1000. The molecule has 0 aliphatic rings. The van der Waals surface area contributed by atoms with E-state index in [0.717, 1.165) is 0 Å². The second-order valence-electron chi connectivity index (χ2n) is 4.69. The summed E-state index contributed by atoms with van der Waals surface area (Å²) < 4.78 is 1.71. The number of anilines is 1. The first kappa shape index (κ1) is 15.3. The summed E-state index contributed by atoms with van der Waals surface area (Å²) in [5, 5.41) is 5.45. The lowest BCUT2D eigenvalue weighted by Crippen LogP contribution is -2.22. The first-order valence-corrected chi connectivity index (χ1v) is 7.97. The first-order valence-electron chi connectivity index (χ1n) is 6.69. The van der Waals surface area contributed by atoms with E-state index in [2.05, 4.69) is 21.9 Å². The number of thiazole rings is 1. The highest BCUT2D eigenvalue weighted by molar-refractivity contribution is 7.71. The smallest absolute Gasteiger partial charge is 0.262 e. The summed E-state index contributed by atoms with van der Waals surface area (Å²) in [6, 6.07) is 4.81. The molecule has 2 aromatic heterocycles. The molecule has 2 N–H and O–H groups in total. The van der Waals surface area contributed by atoms with E-state index in [4.69, 9.17) is 12.2 Å². The number of allylic oxidation sites excluding steroid dienone is 1. The minimum atomic E-state index is -0.295. The monoisotopic (exact) mass is 344 g/mol. The molecule has 3 rings (SSSR count). The zero-order chi connectivity index (χ0) is 16.4. The van der Waals surface area contributed by atoms with Crippen molar-refractivity contribution in [2.75, 3.05) is 5.32 Å². The van der Waals surface area contributed by atoms with E-state index in [1.165, 1.54) is 15.9 Å². The number of hydrogen-bond donors (Lipinski definition) is 2. The van der Waals surface area contributed by atoms with Crippen molar-refractivity contribution >= 4 is 45.5 Å². The average molecular weight is 344 g/mol. The van der Waals surface area contributed by atoms with Crippen molar-refractivity contribution in [3.05, 3.63) is 63.1 Å². The first-order chi connectivity index (χ1) is 11.1. The number of carbonyl (C=O) groups excluding carboxylic acids is 1. The van der Waals surface area contributed by atoms with E-state index in [9.17, 15) is 9.59 Å². The Balaban J connectivity index is 2.04. The van der Waals surface area contributed by atoms with Crippen molar-refractivity contribution in [2.45, 2.75) is 6.54 Å². The van der Waals surface area contributed by atoms with Crippen LogP contribution >= 0.6 is 23.6 Å². The van der Waals surface area contributed by atoms with E-state index in [-0.39, 0.29) is 11.5 Å². The summed E-state index contributed by atoms with van der Waals surface area (Å²) in [6.07, 6.45) is 3.21. The molecule has 2 heterocycles. The molecule has 0 spiro atoms. The fourth-order valence-electron chi connectivity index (χ4n) is 2.15. The van der Waals surface area contributed by atoms with Gasteiger partial charge in [-0.1, -0.05) is 6.08 Å². The maximum Gasteiger partial charge on any atom is 0.262 e. The molecule has 1 amide bonds.